The molecule has 2 aromatic rings. The van der Waals surface area contributed by atoms with Crippen molar-refractivity contribution in [1.29, 1.82) is 10.5 Å². The molecule has 1 unspecified atom stereocenters. The van der Waals surface area contributed by atoms with Crippen molar-refractivity contribution in [2.45, 2.75) is 26.4 Å². The Bertz CT molecular complexity index is 1140. The molecular weight excluding hydrogens is 366 g/mol. The summed E-state index contributed by atoms with van der Waals surface area (Å²) in [6.45, 7) is 5.05. The van der Waals surface area contributed by atoms with Gasteiger partial charge in [-0.2, -0.15) is 15.6 Å². The van der Waals surface area contributed by atoms with E-state index in [4.69, 9.17) is 5.73 Å². The molecule has 1 atom stereocenters. The molecule has 0 aliphatic carbocycles. The van der Waals surface area contributed by atoms with Crippen molar-refractivity contribution in [3.63, 3.8) is 0 Å². The van der Waals surface area contributed by atoms with E-state index in [9.17, 15) is 15.3 Å². The Morgan fingerprint density at radius 1 is 1.34 bits per heavy atom. The number of carbonyl (C=O) groups excluding carboxylic acids is 1. The highest BCUT2D eigenvalue weighted by molar-refractivity contribution is 6.05. The number of hydrogen-bond acceptors (Lipinski definition) is 6. The van der Waals surface area contributed by atoms with E-state index in [1.807, 2.05) is 45.0 Å². The number of benzene rings is 1. The van der Waals surface area contributed by atoms with Crippen LogP contribution in [0.1, 0.15) is 29.9 Å². The number of fused-ring (bicyclic) bond motifs is 1. The lowest BCUT2D eigenvalue weighted by Crippen LogP contribution is -2.31. The topological polar surface area (TPSA) is 124 Å². The minimum atomic E-state index is -0.615. The van der Waals surface area contributed by atoms with Gasteiger partial charge in [-0.1, -0.05) is 6.07 Å². The number of dihydropyridines is 1. The molecule has 148 valence electrons. The average molecular weight is 389 g/mol. The molecule has 3 N–H and O–H groups in total. The summed E-state index contributed by atoms with van der Waals surface area (Å²) in [5.74, 6) is -0.615. The Morgan fingerprint density at radius 3 is 2.66 bits per heavy atom. The molecule has 0 radical (unpaired) electrons. The Kier molecular flexibility index (Phi) is 5.40. The lowest BCUT2D eigenvalue weighted by atomic mass is 9.86. The Labute approximate surface area is 169 Å². The van der Waals surface area contributed by atoms with E-state index in [0.717, 1.165) is 12.1 Å². The summed E-state index contributed by atoms with van der Waals surface area (Å²) in [5, 5.41) is 27.6. The molecule has 1 aliphatic rings. The van der Waals surface area contributed by atoms with Crippen LogP contribution in [0.25, 0.3) is 16.5 Å². The molecule has 0 saturated carbocycles. The van der Waals surface area contributed by atoms with Crippen molar-refractivity contribution in [1.82, 2.24) is 20.0 Å². The lowest BCUT2D eigenvalue weighted by Gasteiger charge is -2.25. The van der Waals surface area contributed by atoms with Crippen molar-refractivity contribution >= 4 is 22.4 Å². The van der Waals surface area contributed by atoms with Crippen LogP contribution in [0.5, 0.6) is 0 Å². The molecule has 0 spiro atoms. The third-order valence-electron chi connectivity index (χ3n) is 5.02. The van der Waals surface area contributed by atoms with Crippen LogP contribution in [0, 0.1) is 22.7 Å². The lowest BCUT2D eigenvalue weighted by molar-refractivity contribution is 0.0996. The fourth-order valence-corrected chi connectivity index (χ4v) is 3.58. The maximum Gasteiger partial charge on any atom is 0.269 e. The number of aromatic nitrogens is 2. The Balaban J connectivity index is 2.24. The van der Waals surface area contributed by atoms with Gasteiger partial charge in [-0.05, 0) is 45.6 Å². The van der Waals surface area contributed by atoms with Gasteiger partial charge in [-0.3, -0.25) is 9.48 Å². The van der Waals surface area contributed by atoms with Crippen molar-refractivity contribution < 1.29 is 4.79 Å². The fraction of sp³-hybridized carbons (Fsp3) is 0.333. The van der Waals surface area contributed by atoms with Gasteiger partial charge in [-0.15, -0.1) is 0 Å². The van der Waals surface area contributed by atoms with Crippen LogP contribution in [0.3, 0.4) is 0 Å². The third kappa shape index (κ3) is 3.58. The summed E-state index contributed by atoms with van der Waals surface area (Å²) in [4.78, 5) is 14.0. The molecule has 29 heavy (non-hydrogen) atoms. The molecule has 1 aromatic carbocycles. The van der Waals surface area contributed by atoms with Crippen LogP contribution in [-0.4, -0.2) is 47.3 Å². The van der Waals surface area contributed by atoms with Gasteiger partial charge in [-0.25, -0.2) is 0 Å². The number of likely N-dealkylation sites (N-methyl/N-ethyl adjacent to an activating group) is 1. The summed E-state index contributed by atoms with van der Waals surface area (Å²) in [7, 11) is 3.93. The largest absolute Gasteiger partial charge is 0.380 e. The zero-order valence-electron chi connectivity index (χ0n) is 16.9. The van der Waals surface area contributed by atoms with Gasteiger partial charge in [0, 0.05) is 23.2 Å². The molecule has 0 bridgehead atoms. The van der Waals surface area contributed by atoms with Crippen molar-refractivity contribution in [2.24, 2.45) is 5.73 Å². The number of nitrogens with two attached hydrogens (primary N) is 1. The molecule has 3 rings (SSSR count). The highest BCUT2D eigenvalue weighted by atomic mass is 16.1. The molecule has 0 saturated heterocycles. The number of nitrogens with zero attached hydrogens (tertiary/aromatic N) is 5. The van der Waals surface area contributed by atoms with Gasteiger partial charge in [0.2, 0.25) is 0 Å². The van der Waals surface area contributed by atoms with Crippen molar-refractivity contribution in [3.05, 3.63) is 46.3 Å². The van der Waals surface area contributed by atoms with E-state index < -0.39 is 5.91 Å². The molecule has 8 nitrogen and oxygen atoms in total. The zero-order valence-corrected chi connectivity index (χ0v) is 16.9. The molecular formula is C21H23N7O. The first kappa shape index (κ1) is 20.1. The third-order valence-corrected chi connectivity index (χ3v) is 5.02. The van der Waals surface area contributed by atoms with E-state index >= 15 is 0 Å². The molecule has 8 heteroatoms. The van der Waals surface area contributed by atoms with Crippen LogP contribution in [0.2, 0.25) is 0 Å². The SMILES string of the molecule is CC1=C(C#N)C(c2ccc3c(c2)c(C(N)=O)nn3CCN(C)C)=C(C#N)C(C)N1. The highest BCUT2D eigenvalue weighted by Gasteiger charge is 2.27. The van der Waals surface area contributed by atoms with Gasteiger partial charge in [0.25, 0.3) is 5.91 Å². The predicted molar refractivity (Wildman–Crippen MR) is 110 cm³/mol. The van der Waals surface area contributed by atoms with E-state index in [0.29, 0.717) is 39.9 Å². The highest BCUT2D eigenvalue weighted by Crippen LogP contribution is 2.35. The second kappa shape index (κ2) is 7.78. The molecule has 1 aromatic heterocycles. The minimum Gasteiger partial charge on any atom is -0.380 e. The number of rotatable bonds is 5. The maximum absolute atomic E-state index is 12.0. The van der Waals surface area contributed by atoms with Crippen LogP contribution in [0.4, 0.5) is 0 Å². The quantitative estimate of drug-likeness (QED) is 0.803. The summed E-state index contributed by atoms with van der Waals surface area (Å²) < 4.78 is 1.76. The van der Waals surface area contributed by atoms with Gasteiger partial charge in [0.05, 0.1) is 35.3 Å². The van der Waals surface area contributed by atoms with Gasteiger partial charge >= 0.3 is 0 Å². The first-order chi connectivity index (χ1) is 13.8. The molecule has 0 fully saturated rings. The van der Waals surface area contributed by atoms with E-state index in [2.05, 4.69) is 22.6 Å². The Morgan fingerprint density at radius 2 is 2.07 bits per heavy atom. The first-order valence-electron chi connectivity index (χ1n) is 9.26. The van der Waals surface area contributed by atoms with Crippen molar-refractivity contribution in [2.75, 3.05) is 20.6 Å². The van der Waals surface area contributed by atoms with Gasteiger partial charge in [0.15, 0.2) is 5.69 Å². The average Bonchev–Trinajstić information content (AvgIpc) is 3.04. The number of hydrogen-bond donors (Lipinski definition) is 2. The van der Waals surface area contributed by atoms with Crippen LogP contribution in [-0.2, 0) is 6.54 Å². The van der Waals surface area contributed by atoms with Crippen LogP contribution >= 0.6 is 0 Å². The normalized spacial score (nSPS) is 16.7. The smallest absolute Gasteiger partial charge is 0.269 e. The molecule has 2 heterocycles. The van der Waals surface area contributed by atoms with Crippen molar-refractivity contribution in [3.8, 4) is 12.1 Å². The second-order valence-corrected chi connectivity index (χ2v) is 7.35. The summed E-state index contributed by atoms with van der Waals surface area (Å²) in [6, 6.07) is 9.72. The monoisotopic (exact) mass is 389 g/mol. The van der Waals surface area contributed by atoms with Crippen LogP contribution in [0.15, 0.2) is 35.0 Å². The summed E-state index contributed by atoms with van der Waals surface area (Å²) in [6.07, 6.45) is 0. The van der Waals surface area contributed by atoms with E-state index in [1.54, 1.807) is 10.7 Å². The van der Waals surface area contributed by atoms with Gasteiger partial charge in [0.1, 0.15) is 6.07 Å². The number of nitrogens with one attached hydrogen (secondary N) is 1. The molecule has 1 aliphatic heterocycles. The number of carbonyl (C=O) groups is 1. The predicted octanol–water partition coefficient (Wildman–Crippen LogP) is 1.76. The molecule has 1 amide bonds. The number of nitriles is 2. The second-order valence-electron chi connectivity index (χ2n) is 7.35. The standard InChI is InChI=1S/C21H23N7O/c1-12-16(10-22)19(17(11-23)13(2)25-12)14-5-6-18-15(9-14)20(21(24)29)26-28(18)8-7-27(3)4/h5-6,9,12,25H,7-8H2,1-4H3,(H2,24,29). The fourth-order valence-electron chi connectivity index (χ4n) is 3.58. The van der Waals surface area contributed by atoms with E-state index in [-0.39, 0.29) is 11.7 Å². The van der Waals surface area contributed by atoms with Crippen LogP contribution < -0.4 is 11.1 Å². The first-order valence-corrected chi connectivity index (χ1v) is 9.26. The minimum absolute atomic E-state index is 0.181. The Hall–Kier alpha value is -3.62. The van der Waals surface area contributed by atoms with Gasteiger partial charge < -0.3 is 16.0 Å². The summed E-state index contributed by atoms with van der Waals surface area (Å²) >= 11 is 0. The number of primary amides is 1. The number of amides is 1. The van der Waals surface area contributed by atoms with E-state index in [1.165, 1.54) is 0 Å². The summed E-state index contributed by atoms with van der Waals surface area (Å²) in [5.41, 5.74) is 9.41. The number of allylic oxidation sites excluding steroid dienone is 3. The maximum atomic E-state index is 12.0. The zero-order chi connectivity index (χ0) is 21.3.